The van der Waals surface area contributed by atoms with Crippen molar-refractivity contribution in [3.8, 4) is 0 Å². The largest absolute Gasteiger partial charge is 0.329 e. The third-order valence-corrected chi connectivity index (χ3v) is 4.12. The summed E-state index contributed by atoms with van der Waals surface area (Å²) >= 11 is 6.22. The average molecular weight is 261 g/mol. The van der Waals surface area contributed by atoms with Crippen molar-refractivity contribution in [3.63, 3.8) is 0 Å². The van der Waals surface area contributed by atoms with E-state index in [4.69, 9.17) is 11.6 Å². The van der Waals surface area contributed by atoms with Crippen molar-refractivity contribution in [2.45, 2.75) is 38.6 Å². The van der Waals surface area contributed by atoms with Gasteiger partial charge in [-0.3, -0.25) is 0 Å². The van der Waals surface area contributed by atoms with Crippen molar-refractivity contribution < 1.29 is 0 Å². The number of benzene rings is 1. The Labute approximate surface area is 113 Å². The number of rotatable bonds is 2. The molecule has 1 aliphatic rings. The van der Waals surface area contributed by atoms with E-state index in [1.165, 1.54) is 18.5 Å². The molecule has 0 N–H and O–H groups in total. The van der Waals surface area contributed by atoms with Gasteiger partial charge in [0.2, 0.25) is 0 Å². The Morgan fingerprint density at radius 1 is 1.39 bits per heavy atom. The second-order valence-corrected chi connectivity index (χ2v) is 5.45. The maximum Gasteiger partial charge on any atom is 0.113 e. The Morgan fingerprint density at radius 2 is 2.22 bits per heavy atom. The molecule has 0 radical (unpaired) electrons. The number of imidazole rings is 1. The second-order valence-electron chi connectivity index (χ2n) is 5.05. The summed E-state index contributed by atoms with van der Waals surface area (Å²) in [5.41, 5.74) is 2.53. The first-order chi connectivity index (χ1) is 8.75. The van der Waals surface area contributed by atoms with E-state index in [1.54, 1.807) is 0 Å². The van der Waals surface area contributed by atoms with Crippen LogP contribution >= 0.6 is 11.6 Å². The highest BCUT2D eigenvalue weighted by atomic mass is 35.5. The molecule has 94 valence electrons. The predicted molar refractivity (Wildman–Crippen MR) is 74.1 cm³/mol. The Bertz CT molecular complexity index is 559. The molecular formula is C15H17ClN2. The van der Waals surface area contributed by atoms with Gasteiger partial charge in [0.25, 0.3) is 0 Å². The fraction of sp³-hybridized carbons (Fsp3) is 0.400. The Hall–Kier alpha value is -1.28. The number of fused-ring (bicyclic) bond motifs is 1. The van der Waals surface area contributed by atoms with Crippen molar-refractivity contribution in [1.29, 1.82) is 0 Å². The zero-order chi connectivity index (χ0) is 12.5. The highest BCUT2D eigenvalue weighted by molar-refractivity contribution is 6.31. The van der Waals surface area contributed by atoms with Gasteiger partial charge in [-0.2, -0.15) is 0 Å². The van der Waals surface area contributed by atoms with Crippen LogP contribution in [0.3, 0.4) is 0 Å². The lowest BCUT2D eigenvalue weighted by Crippen LogP contribution is -2.17. The third kappa shape index (κ3) is 2.05. The molecule has 0 saturated heterocycles. The molecule has 0 spiro atoms. The van der Waals surface area contributed by atoms with Crippen molar-refractivity contribution >= 4 is 11.6 Å². The molecule has 0 fully saturated rings. The van der Waals surface area contributed by atoms with Crippen LogP contribution in [-0.2, 0) is 12.8 Å². The van der Waals surface area contributed by atoms with Gasteiger partial charge >= 0.3 is 0 Å². The van der Waals surface area contributed by atoms with Crippen LogP contribution in [0.15, 0.2) is 30.5 Å². The molecule has 2 aromatic rings. The van der Waals surface area contributed by atoms with E-state index in [9.17, 15) is 0 Å². The number of hydrogen-bond donors (Lipinski definition) is 0. The van der Waals surface area contributed by atoms with Crippen molar-refractivity contribution in [2.24, 2.45) is 0 Å². The van der Waals surface area contributed by atoms with Crippen molar-refractivity contribution in [1.82, 2.24) is 9.55 Å². The maximum absolute atomic E-state index is 6.22. The van der Waals surface area contributed by atoms with Crippen LogP contribution in [0.25, 0.3) is 0 Å². The molecule has 0 saturated carbocycles. The number of aromatic nitrogens is 2. The van der Waals surface area contributed by atoms with E-state index in [1.807, 2.05) is 24.4 Å². The molecule has 3 rings (SSSR count). The summed E-state index contributed by atoms with van der Waals surface area (Å²) in [6.45, 7) is 2.28. The maximum atomic E-state index is 6.22. The van der Waals surface area contributed by atoms with Gasteiger partial charge in [-0.25, -0.2) is 4.98 Å². The quantitative estimate of drug-likeness (QED) is 0.797. The van der Waals surface area contributed by atoms with Gasteiger partial charge in [-0.15, -0.1) is 0 Å². The van der Waals surface area contributed by atoms with Gasteiger partial charge < -0.3 is 4.57 Å². The minimum Gasteiger partial charge on any atom is -0.329 e. The molecule has 1 aromatic carbocycles. The molecule has 0 bridgehead atoms. The molecule has 18 heavy (non-hydrogen) atoms. The van der Waals surface area contributed by atoms with E-state index in [-0.39, 0.29) is 0 Å². The molecular weight excluding hydrogens is 244 g/mol. The summed E-state index contributed by atoms with van der Waals surface area (Å²) in [5, 5.41) is 0.832. The first-order valence-corrected chi connectivity index (χ1v) is 6.92. The van der Waals surface area contributed by atoms with Gasteiger partial charge in [0, 0.05) is 29.4 Å². The van der Waals surface area contributed by atoms with Crippen LogP contribution < -0.4 is 0 Å². The molecule has 3 heteroatoms. The van der Waals surface area contributed by atoms with Gasteiger partial charge in [-0.05, 0) is 37.8 Å². The number of hydrogen-bond acceptors (Lipinski definition) is 1. The van der Waals surface area contributed by atoms with Crippen molar-refractivity contribution in [2.75, 3.05) is 0 Å². The zero-order valence-electron chi connectivity index (χ0n) is 10.6. The minimum absolute atomic E-state index is 0.564. The van der Waals surface area contributed by atoms with E-state index in [0.717, 1.165) is 29.3 Å². The fourth-order valence-corrected chi connectivity index (χ4v) is 3.01. The Balaban J connectivity index is 1.95. The highest BCUT2D eigenvalue weighted by Crippen LogP contribution is 2.28. The summed E-state index contributed by atoms with van der Waals surface area (Å²) in [4.78, 5) is 4.59. The average Bonchev–Trinajstić information content (AvgIpc) is 2.77. The van der Waals surface area contributed by atoms with Crippen LogP contribution in [-0.4, -0.2) is 9.55 Å². The molecule has 1 aliphatic heterocycles. The van der Waals surface area contributed by atoms with E-state index < -0.39 is 0 Å². The molecule has 1 unspecified atom stereocenters. The summed E-state index contributed by atoms with van der Waals surface area (Å²) in [6, 6.07) is 8.59. The van der Waals surface area contributed by atoms with Gasteiger partial charge in [0.05, 0.1) is 0 Å². The van der Waals surface area contributed by atoms with Gasteiger partial charge in [0.1, 0.15) is 5.82 Å². The van der Waals surface area contributed by atoms with Crippen LogP contribution in [0.1, 0.15) is 42.9 Å². The fourth-order valence-electron chi connectivity index (χ4n) is 2.81. The number of nitrogens with zero attached hydrogens (tertiary/aromatic N) is 2. The van der Waals surface area contributed by atoms with Crippen LogP contribution in [0.2, 0.25) is 5.02 Å². The first-order valence-electron chi connectivity index (χ1n) is 6.54. The smallest absolute Gasteiger partial charge is 0.113 e. The molecule has 2 nitrogen and oxygen atoms in total. The standard InChI is InChI=1S/C15H17ClN2/c1-11-5-4-7-13-10-17-15(18(11)13)9-12-6-2-3-8-14(12)16/h2-3,6,8,10-11H,4-5,7,9H2,1H3. The zero-order valence-corrected chi connectivity index (χ0v) is 11.3. The minimum atomic E-state index is 0.564. The predicted octanol–water partition coefficient (Wildman–Crippen LogP) is 4.02. The van der Waals surface area contributed by atoms with Crippen molar-refractivity contribution in [3.05, 3.63) is 52.6 Å². The van der Waals surface area contributed by atoms with Crippen LogP contribution in [0, 0.1) is 0 Å². The Morgan fingerprint density at radius 3 is 3.06 bits per heavy atom. The molecule has 1 aromatic heterocycles. The topological polar surface area (TPSA) is 17.8 Å². The van der Waals surface area contributed by atoms with Gasteiger partial charge in [-0.1, -0.05) is 29.8 Å². The molecule has 0 aliphatic carbocycles. The second kappa shape index (κ2) is 4.77. The van der Waals surface area contributed by atoms with E-state index >= 15 is 0 Å². The van der Waals surface area contributed by atoms with Crippen LogP contribution in [0.4, 0.5) is 0 Å². The Kier molecular flexibility index (Phi) is 3.13. The highest BCUT2D eigenvalue weighted by Gasteiger charge is 2.20. The lowest BCUT2D eigenvalue weighted by atomic mass is 10.0. The van der Waals surface area contributed by atoms with Crippen LogP contribution in [0.5, 0.6) is 0 Å². The molecule has 2 heterocycles. The lowest BCUT2D eigenvalue weighted by molar-refractivity contribution is 0.421. The van der Waals surface area contributed by atoms with E-state index in [0.29, 0.717) is 6.04 Å². The summed E-state index contributed by atoms with van der Waals surface area (Å²) in [5.74, 6) is 1.14. The molecule has 1 atom stereocenters. The lowest BCUT2D eigenvalue weighted by Gasteiger charge is -2.24. The SMILES string of the molecule is CC1CCCc2cnc(Cc3ccccc3Cl)n21. The van der Waals surface area contributed by atoms with Gasteiger partial charge in [0.15, 0.2) is 0 Å². The normalized spacial score (nSPS) is 18.7. The number of aryl methyl sites for hydroxylation is 1. The van der Waals surface area contributed by atoms with E-state index in [2.05, 4.69) is 22.5 Å². The molecule has 0 amide bonds. The first kappa shape index (κ1) is 11.8. The summed E-state index contributed by atoms with van der Waals surface area (Å²) < 4.78 is 2.40. The monoisotopic (exact) mass is 260 g/mol. The third-order valence-electron chi connectivity index (χ3n) is 3.75. The summed E-state index contributed by atoms with van der Waals surface area (Å²) in [6.07, 6.45) is 6.53. The number of halogens is 1. The summed E-state index contributed by atoms with van der Waals surface area (Å²) in [7, 11) is 0.